The Bertz CT molecular complexity index is 1350. The van der Waals surface area contributed by atoms with Crippen LogP contribution in [0.4, 0.5) is 13.2 Å². The van der Waals surface area contributed by atoms with Gasteiger partial charge in [-0.3, -0.25) is 19.6 Å². The van der Waals surface area contributed by atoms with Gasteiger partial charge in [-0.15, -0.1) is 0 Å². The first-order chi connectivity index (χ1) is 16.7. The third-order valence-corrected chi connectivity index (χ3v) is 7.17. The lowest BCUT2D eigenvalue weighted by Gasteiger charge is -2.23. The standard InChI is InChI=1S/C25H26F3N3O4S/c1-5-14(2)19-12-30-21(25(26,27)28)10-18(19)22-15(3)29-13-20(23(22)32)24(33)31-11-16-6-8-17(9-7-16)36(4,34)35/h6-10,12-14,20H,5,11H2,1-4H3,(H,31,33)/t14?,20-/m1/s1. The zero-order valence-corrected chi connectivity index (χ0v) is 21.0. The molecule has 2 atom stereocenters. The number of ketones is 1. The van der Waals surface area contributed by atoms with E-state index in [-0.39, 0.29) is 34.2 Å². The van der Waals surface area contributed by atoms with Gasteiger partial charge in [0.15, 0.2) is 15.6 Å². The molecule has 0 saturated carbocycles. The summed E-state index contributed by atoms with van der Waals surface area (Å²) in [6.07, 6.45) is -0.711. The number of nitrogens with one attached hydrogen (secondary N) is 1. The van der Waals surface area contributed by atoms with Crippen molar-refractivity contribution in [3.05, 3.63) is 64.6 Å². The first kappa shape index (κ1) is 27.3. The van der Waals surface area contributed by atoms with Crippen LogP contribution in [0.5, 0.6) is 0 Å². The number of carbonyl (C=O) groups excluding carboxylic acids is 2. The summed E-state index contributed by atoms with van der Waals surface area (Å²) in [5.41, 5.74) is 0.176. The van der Waals surface area contributed by atoms with Crippen LogP contribution in [0.1, 0.15) is 55.5 Å². The second-order valence-corrected chi connectivity index (χ2v) is 10.7. The number of carbonyl (C=O) groups is 2. The molecule has 0 spiro atoms. The number of aliphatic imine (C=N–C) groups is 1. The fraction of sp³-hybridized carbons (Fsp3) is 0.360. The molecule has 1 unspecified atom stereocenters. The van der Waals surface area contributed by atoms with Gasteiger partial charge in [-0.25, -0.2) is 8.42 Å². The molecule has 0 saturated heterocycles. The van der Waals surface area contributed by atoms with Crippen LogP contribution in [-0.2, 0) is 32.1 Å². The number of hydrogen-bond donors (Lipinski definition) is 1. The third kappa shape index (κ3) is 5.89. The summed E-state index contributed by atoms with van der Waals surface area (Å²) < 4.78 is 63.4. The highest BCUT2D eigenvalue weighted by atomic mass is 32.2. The van der Waals surface area contributed by atoms with E-state index < -0.39 is 39.3 Å². The molecule has 2 heterocycles. The van der Waals surface area contributed by atoms with Crippen molar-refractivity contribution in [1.82, 2.24) is 10.3 Å². The van der Waals surface area contributed by atoms with Gasteiger partial charge >= 0.3 is 6.18 Å². The molecule has 1 aromatic heterocycles. The molecule has 192 valence electrons. The lowest BCUT2D eigenvalue weighted by atomic mass is 9.84. The Kier molecular flexibility index (Phi) is 7.82. The molecule has 0 radical (unpaired) electrons. The summed E-state index contributed by atoms with van der Waals surface area (Å²) in [7, 11) is -3.37. The van der Waals surface area contributed by atoms with Crippen molar-refractivity contribution in [2.75, 3.05) is 6.26 Å². The number of nitrogens with zero attached hydrogens (tertiary/aromatic N) is 2. The lowest BCUT2D eigenvalue weighted by molar-refractivity contribution is -0.141. The number of sulfone groups is 1. The zero-order valence-electron chi connectivity index (χ0n) is 20.2. The van der Waals surface area contributed by atoms with Crippen LogP contribution >= 0.6 is 0 Å². The molecular formula is C25H26F3N3O4S. The molecule has 2 aromatic rings. The van der Waals surface area contributed by atoms with E-state index in [0.29, 0.717) is 17.5 Å². The van der Waals surface area contributed by atoms with E-state index in [4.69, 9.17) is 0 Å². The van der Waals surface area contributed by atoms with Gasteiger partial charge in [-0.1, -0.05) is 26.0 Å². The topological polar surface area (TPSA) is 106 Å². The molecule has 0 bridgehead atoms. The number of rotatable bonds is 7. The van der Waals surface area contributed by atoms with E-state index in [1.807, 2.05) is 13.8 Å². The highest BCUT2D eigenvalue weighted by Gasteiger charge is 2.37. The minimum Gasteiger partial charge on any atom is -0.351 e. The number of aromatic nitrogens is 1. The average Bonchev–Trinajstić information content (AvgIpc) is 2.81. The van der Waals surface area contributed by atoms with Crippen LogP contribution < -0.4 is 5.32 Å². The van der Waals surface area contributed by atoms with Gasteiger partial charge in [0, 0.05) is 36.5 Å². The van der Waals surface area contributed by atoms with Crippen LogP contribution in [0.25, 0.3) is 5.57 Å². The Morgan fingerprint density at radius 3 is 2.39 bits per heavy atom. The average molecular weight is 522 g/mol. The van der Waals surface area contributed by atoms with Crippen molar-refractivity contribution in [2.24, 2.45) is 10.9 Å². The molecule has 11 heteroatoms. The predicted octanol–water partition coefficient (Wildman–Crippen LogP) is 4.33. The second-order valence-electron chi connectivity index (χ2n) is 8.68. The molecule has 0 fully saturated rings. The van der Waals surface area contributed by atoms with Gasteiger partial charge in [0.1, 0.15) is 11.6 Å². The number of allylic oxidation sites excluding steroid dienone is 2. The van der Waals surface area contributed by atoms with Crippen molar-refractivity contribution in [2.45, 2.75) is 50.7 Å². The third-order valence-electron chi connectivity index (χ3n) is 6.05. The van der Waals surface area contributed by atoms with E-state index >= 15 is 0 Å². The lowest BCUT2D eigenvalue weighted by Crippen LogP contribution is -2.38. The number of pyridine rings is 1. The molecular weight excluding hydrogens is 495 g/mol. The number of alkyl halides is 3. The molecule has 0 aliphatic carbocycles. The highest BCUT2D eigenvalue weighted by molar-refractivity contribution is 7.90. The number of Topliss-reactive ketones (excluding diaryl/α,β-unsaturated/α-hetero) is 1. The van der Waals surface area contributed by atoms with E-state index in [1.54, 1.807) is 0 Å². The van der Waals surface area contributed by atoms with Crippen molar-refractivity contribution in [1.29, 1.82) is 0 Å². The van der Waals surface area contributed by atoms with E-state index in [1.165, 1.54) is 37.4 Å². The van der Waals surface area contributed by atoms with Gasteiger partial charge < -0.3 is 5.32 Å². The molecule has 1 aliphatic rings. The number of halogens is 3. The Morgan fingerprint density at radius 1 is 1.19 bits per heavy atom. The maximum atomic E-state index is 13.4. The first-order valence-corrected chi connectivity index (χ1v) is 13.1. The maximum absolute atomic E-state index is 13.4. The fourth-order valence-corrected chi connectivity index (χ4v) is 4.40. The summed E-state index contributed by atoms with van der Waals surface area (Å²) >= 11 is 0. The van der Waals surface area contributed by atoms with Crippen LogP contribution in [0.3, 0.4) is 0 Å². The first-order valence-electron chi connectivity index (χ1n) is 11.2. The van der Waals surface area contributed by atoms with Crippen LogP contribution in [0.15, 0.2) is 52.1 Å². The molecule has 1 aliphatic heterocycles. The Balaban J connectivity index is 1.88. The molecule has 1 amide bonds. The monoisotopic (exact) mass is 521 g/mol. The van der Waals surface area contributed by atoms with Crippen molar-refractivity contribution in [3.63, 3.8) is 0 Å². The molecule has 7 nitrogen and oxygen atoms in total. The number of hydrogen-bond acceptors (Lipinski definition) is 6. The molecule has 1 N–H and O–H groups in total. The summed E-state index contributed by atoms with van der Waals surface area (Å²) in [4.78, 5) is 34.1. The zero-order chi connectivity index (χ0) is 26.8. The van der Waals surface area contributed by atoms with Crippen LogP contribution in [-0.4, -0.2) is 37.6 Å². The van der Waals surface area contributed by atoms with E-state index in [2.05, 4.69) is 15.3 Å². The van der Waals surface area contributed by atoms with Crippen molar-refractivity contribution >= 4 is 33.3 Å². The van der Waals surface area contributed by atoms with Gasteiger partial charge in [0.2, 0.25) is 5.91 Å². The number of amides is 1. The maximum Gasteiger partial charge on any atom is 0.433 e. The number of benzene rings is 1. The smallest absolute Gasteiger partial charge is 0.351 e. The SMILES string of the molecule is CCC(C)c1cnc(C(F)(F)F)cc1C1=C(C)N=C[C@@H](C(=O)NCc2ccc(S(C)(=O)=O)cc2)C1=O. The summed E-state index contributed by atoms with van der Waals surface area (Å²) in [5, 5.41) is 2.61. The minimum absolute atomic E-state index is 0.0180. The Hall–Kier alpha value is -3.34. The summed E-state index contributed by atoms with van der Waals surface area (Å²) in [6, 6.07) is 6.74. The van der Waals surface area contributed by atoms with Gasteiger partial charge in [0.25, 0.3) is 0 Å². The van der Waals surface area contributed by atoms with E-state index in [9.17, 15) is 31.2 Å². The predicted molar refractivity (Wildman–Crippen MR) is 129 cm³/mol. The van der Waals surface area contributed by atoms with Crippen LogP contribution in [0, 0.1) is 5.92 Å². The Morgan fingerprint density at radius 2 is 1.83 bits per heavy atom. The summed E-state index contributed by atoms with van der Waals surface area (Å²) in [5.74, 6) is -2.84. The van der Waals surface area contributed by atoms with Gasteiger partial charge in [-0.05, 0) is 54.2 Å². The minimum atomic E-state index is -4.71. The Labute approximate surface area is 207 Å². The fourth-order valence-electron chi connectivity index (χ4n) is 3.77. The van der Waals surface area contributed by atoms with Crippen molar-refractivity contribution in [3.8, 4) is 0 Å². The second kappa shape index (κ2) is 10.3. The van der Waals surface area contributed by atoms with Crippen molar-refractivity contribution < 1.29 is 31.2 Å². The molecule has 1 aromatic carbocycles. The molecule has 3 rings (SSSR count). The normalized spacial score (nSPS) is 17.3. The quantitative estimate of drug-likeness (QED) is 0.546. The van der Waals surface area contributed by atoms with Gasteiger partial charge in [0.05, 0.1) is 4.90 Å². The molecule has 36 heavy (non-hydrogen) atoms. The van der Waals surface area contributed by atoms with Crippen LogP contribution in [0.2, 0.25) is 0 Å². The van der Waals surface area contributed by atoms with E-state index in [0.717, 1.165) is 18.5 Å². The summed E-state index contributed by atoms with van der Waals surface area (Å²) in [6.45, 7) is 5.21. The van der Waals surface area contributed by atoms with Gasteiger partial charge in [-0.2, -0.15) is 13.2 Å². The largest absolute Gasteiger partial charge is 0.433 e. The highest BCUT2D eigenvalue weighted by Crippen LogP contribution is 2.37.